The van der Waals surface area contributed by atoms with Gasteiger partial charge in [0.15, 0.2) is 0 Å². The number of hydrogen-bond donors (Lipinski definition) is 2. The fourth-order valence-corrected chi connectivity index (χ4v) is 1.77. The van der Waals surface area contributed by atoms with Gasteiger partial charge in [0.2, 0.25) is 0 Å². The second kappa shape index (κ2) is 5.36. The minimum Gasteiger partial charge on any atom is -0.459 e. The van der Waals surface area contributed by atoms with E-state index in [1.807, 2.05) is 27.7 Å². The van der Waals surface area contributed by atoms with Crippen molar-refractivity contribution in [2.24, 2.45) is 5.41 Å². The summed E-state index contributed by atoms with van der Waals surface area (Å²) in [6.07, 6.45) is 3.10. The highest BCUT2D eigenvalue weighted by atomic mass is 16.6. The van der Waals surface area contributed by atoms with E-state index in [2.05, 4.69) is 5.32 Å². The molecular formula is C13H25NO3. The van der Waals surface area contributed by atoms with Crippen LogP contribution in [0.25, 0.3) is 0 Å². The van der Waals surface area contributed by atoms with Crippen LogP contribution in [-0.4, -0.2) is 35.9 Å². The molecule has 0 saturated heterocycles. The molecule has 0 aromatic rings. The van der Waals surface area contributed by atoms with Gasteiger partial charge >= 0.3 is 5.97 Å². The first-order valence-corrected chi connectivity index (χ1v) is 6.35. The average molecular weight is 243 g/mol. The molecule has 0 aromatic carbocycles. The van der Waals surface area contributed by atoms with Gasteiger partial charge in [-0.05, 0) is 52.4 Å². The predicted octanol–water partition coefficient (Wildman–Crippen LogP) is 1.47. The summed E-state index contributed by atoms with van der Waals surface area (Å²) in [5, 5.41) is 12.2. The summed E-state index contributed by atoms with van der Waals surface area (Å²) >= 11 is 0. The molecule has 0 bridgehead atoms. The summed E-state index contributed by atoms with van der Waals surface area (Å²) in [7, 11) is 0. The minimum atomic E-state index is -0.435. The van der Waals surface area contributed by atoms with E-state index in [0.29, 0.717) is 0 Å². The van der Waals surface area contributed by atoms with Gasteiger partial charge in [0.1, 0.15) is 11.6 Å². The SMILES string of the molecule is CC(NCC1(CCO)CC1)C(=O)OC(C)(C)C. The monoisotopic (exact) mass is 243 g/mol. The van der Waals surface area contributed by atoms with Gasteiger partial charge in [-0.2, -0.15) is 0 Å². The summed E-state index contributed by atoms with van der Waals surface area (Å²) in [6, 6.07) is -0.287. The first kappa shape index (κ1) is 14.5. The molecule has 1 rings (SSSR count). The molecule has 4 nitrogen and oxygen atoms in total. The van der Waals surface area contributed by atoms with E-state index in [4.69, 9.17) is 9.84 Å². The van der Waals surface area contributed by atoms with E-state index in [0.717, 1.165) is 25.8 Å². The molecule has 0 spiro atoms. The number of nitrogens with one attached hydrogen (secondary N) is 1. The fourth-order valence-electron chi connectivity index (χ4n) is 1.77. The maximum atomic E-state index is 11.7. The average Bonchev–Trinajstić information content (AvgIpc) is 2.93. The highest BCUT2D eigenvalue weighted by Gasteiger charge is 2.42. The Morgan fingerprint density at radius 3 is 2.47 bits per heavy atom. The molecule has 4 heteroatoms. The van der Waals surface area contributed by atoms with Gasteiger partial charge in [-0.3, -0.25) is 4.79 Å². The molecule has 100 valence electrons. The summed E-state index contributed by atoms with van der Waals surface area (Å²) in [6.45, 7) is 8.43. The van der Waals surface area contributed by atoms with Crippen molar-refractivity contribution in [3.63, 3.8) is 0 Å². The zero-order chi connectivity index (χ0) is 13.1. The molecule has 2 N–H and O–H groups in total. The van der Waals surface area contributed by atoms with Crippen LogP contribution in [0.4, 0.5) is 0 Å². The van der Waals surface area contributed by atoms with E-state index in [9.17, 15) is 4.79 Å². The number of carbonyl (C=O) groups is 1. The van der Waals surface area contributed by atoms with Gasteiger partial charge in [0, 0.05) is 13.2 Å². The zero-order valence-corrected chi connectivity index (χ0v) is 11.4. The lowest BCUT2D eigenvalue weighted by molar-refractivity contribution is -0.157. The van der Waals surface area contributed by atoms with Gasteiger partial charge in [-0.15, -0.1) is 0 Å². The van der Waals surface area contributed by atoms with Gasteiger partial charge in [-0.1, -0.05) is 0 Å². The Balaban J connectivity index is 2.30. The van der Waals surface area contributed by atoms with Crippen LogP contribution in [0.2, 0.25) is 0 Å². The van der Waals surface area contributed by atoms with Crippen molar-refractivity contribution < 1.29 is 14.6 Å². The maximum Gasteiger partial charge on any atom is 0.323 e. The third-order valence-electron chi connectivity index (χ3n) is 3.14. The van der Waals surface area contributed by atoms with Crippen molar-refractivity contribution in [1.82, 2.24) is 5.32 Å². The first-order chi connectivity index (χ1) is 7.78. The van der Waals surface area contributed by atoms with E-state index in [1.54, 1.807) is 0 Å². The van der Waals surface area contributed by atoms with Gasteiger partial charge < -0.3 is 15.2 Å². The second-order valence-corrected chi connectivity index (χ2v) is 6.11. The largest absolute Gasteiger partial charge is 0.459 e. The molecule has 1 saturated carbocycles. The summed E-state index contributed by atoms with van der Waals surface area (Å²) < 4.78 is 5.29. The second-order valence-electron chi connectivity index (χ2n) is 6.11. The molecular weight excluding hydrogens is 218 g/mol. The summed E-state index contributed by atoms with van der Waals surface area (Å²) in [4.78, 5) is 11.7. The molecule has 1 unspecified atom stereocenters. The van der Waals surface area contributed by atoms with E-state index >= 15 is 0 Å². The van der Waals surface area contributed by atoms with Crippen molar-refractivity contribution in [2.45, 2.75) is 58.6 Å². The van der Waals surface area contributed by atoms with Crippen LogP contribution in [0.5, 0.6) is 0 Å². The van der Waals surface area contributed by atoms with Crippen molar-refractivity contribution in [3.8, 4) is 0 Å². The predicted molar refractivity (Wildman–Crippen MR) is 66.7 cm³/mol. The fraction of sp³-hybridized carbons (Fsp3) is 0.923. The maximum absolute atomic E-state index is 11.7. The number of aliphatic hydroxyl groups excluding tert-OH is 1. The summed E-state index contributed by atoms with van der Waals surface area (Å²) in [5.74, 6) is -0.211. The third-order valence-corrected chi connectivity index (χ3v) is 3.14. The quantitative estimate of drug-likeness (QED) is 0.694. The molecule has 0 aliphatic heterocycles. The number of aliphatic hydroxyl groups is 1. The lowest BCUT2D eigenvalue weighted by Crippen LogP contribution is -2.41. The molecule has 1 aliphatic carbocycles. The Morgan fingerprint density at radius 1 is 1.47 bits per heavy atom. The Labute approximate surface area is 104 Å². The smallest absolute Gasteiger partial charge is 0.323 e. The Bertz CT molecular complexity index is 266. The zero-order valence-electron chi connectivity index (χ0n) is 11.4. The number of ether oxygens (including phenoxy) is 1. The Morgan fingerprint density at radius 2 is 2.06 bits per heavy atom. The number of esters is 1. The highest BCUT2D eigenvalue weighted by Crippen LogP contribution is 2.47. The van der Waals surface area contributed by atoms with Gasteiger partial charge in [0.25, 0.3) is 0 Å². The van der Waals surface area contributed by atoms with E-state index in [1.165, 1.54) is 0 Å². The van der Waals surface area contributed by atoms with Crippen LogP contribution in [0.3, 0.4) is 0 Å². The van der Waals surface area contributed by atoms with Gasteiger partial charge in [-0.25, -0.2) is 0 Å². The normalized spacial score (nSPS) is 19.8. The molecule has 17 heavy (non-hydrogen) atoms. The number of hydrogen-bond acceptors (Lipinski definition) is 4. The molecule has 0 amide bonds. The van der Waals surface area contributed by atoms with E-state index < -0.39 is 5.60 Å². The summed E-state index contributed by atoms with van der Waals surface area (Å²) in [5.41, 5.74) is -0.208. The van der Waals surface area contributed by atoms with Gasteiger partial charge in [0.05, 0.1) is 0 Å². The van der Waals surface area contributed by atoms with Crippen molar-refractivity contribution in [3.05, 3.63) is 0 Å². The molecule has 1 aliphatic rings. The molecule has 1 atom stereocenters. The van der Waals surface area contributed by atoms with Crippen molar-refractivity contribution in [2.75, 3.05) is 13.2 Å². The first-order valence-electron chi connectivity index (χ1n) is 6.35. The molecule has 0 heterocycles. The Hall–Kier alpha value is -0.610. The lowest BCUT2D eigenvalue weighted by atomic mass is 10.0. The minimum absolute atomic E-state index is 0.211. The van der Waals surface area contributed by atoms with Crippen LogP contribution in [0, 0.1) is 5.41 Å². The van der Waals surface area contributed by atoms with Crippen LogP contribution in [0.1, 0.15) is 47.0 Å². The standard InChI is InChI=1S/C13H25NO3/c1-10(11(16)17-12(2,3)4)14-9-13(5-6-13)7-8-15/h10,14-15H,5-9H2,1-4H3. The van der Waals surface area contributed by atoms with Crippen molar-refractivity contribution in [1.29, 1.82) is 0 Å². The molecule has 1 fully saturated rings. The lowest BCUT2D eigenvalue weighted by Gasteiger charge is -2.24. The topological polar surface area (TPSA) is 58.6 Å². The molecule has 0 radical (unpaired) electrons. The number of rotatable bonds is 6. The van der Waals surface area contributed by atoms with E-state index in [-0.39, 0.29) is 24.0 Å². The third kappa shape index (κ3) is 5.04. The van der Waals surface area contributed by atoms with Crippen LogP contribution >= 0.6 is 0 Å². The van der Waals surface area contributed by atoms with Crippen LogP contribution in [0.15, 0.2) is 0 Å². The van der Waals surface area contributed by atoms with Crippen LogP contribution in [-0.2, 0) is 9.53 Å². The Kier molecular flexibility index (Phi) is 4.55. The highest BCUT2D eigenvalue weighted by molar-refractivity contribution is 5.75. The number of carbonyl (C=O) groups excluding carboxylic acids is 1. The molecule has 0 aromatic heterocycles. The van der Waals surface area contributed by atoms with Crippen molar-refractivity contribution >= 4 is 5.97 Å². The van der Waals surface area contributed by atoms with Crippen LogP contribution < -0.4 is 5.32 Å².